The van der Waals surface area contributed by atoms with E-state index in [4.69, 9.17) is 0 Å². The van der Waals surface area contributed by atoms with Gasteiger partial charge in [0.15, 0.2) is 0 Å². The first-order valence-corrected chi connectivity index (χ1v) is 9.27. The largest absolute Gasteiger partial charge is 0.341 e. The minimum absolute atomic E-state index is 0.00302. The lowest BCUT2D eigenvalue weighted by molar-refractivity contribution is -0.134. The number of aromatic nitrogens is 2. The van der Waals surface area contributed by atoms with Gasteiger partial charge >= 0.3 is 0 Å². The SMILES string of the molecule is Cc1ccc(-c2ccc(=O)n(CC(=O)N3C[C@H](C)C[C@@H](C)C3)n2)cc1C. The summed E-state index contributed by atoms with van der Waals surface area (Å²) >= 11 is 0. The van der Waals surface area contributed by atoms with Crippen LogP contribution in [0.15, 0.2) is 35.1 Å². The smallest absolute Gasteiger partial charge is 0.267 e. The summed E-state index contributed by atoms with van der Waals surface area (Å²) in [7, 11) is 0. The van der Waals surface area contributed by atoms with Crippen molar-refractivity contribution in [3.63, 3.8) is 0 Å². The Morgan fingerprint density at radius 2 is 1.77 bits per heavy atom. The Morgan fingerprint density at radius 3 is 2.42 bits per heavy atom. The van der Waals surface area contributed by atoms with E-state index in [9.17, 15) is 9.59 Å². The van der Waals surface area contributed by atoms with Gasteiger partial charge in [0.1, 0.15) is 6.54 Å². The average Bonchev–Trinajstić information content (AvgIpc) is 2.58. The molecule has 26 heavy (non-hydrogen) atoms. The van der Waals surface area contributed by atoms with E-state index in [1.165, 1.54) is 21.9 Å². The molecule has 3 rings (SSSR count). The highest BCUT2D eigenvalue weighted by atomic mass is 16.2. The summed E-state index contributed by atoms with van der Waals surface area (Å²) in [5, 5.41) is 4.44. The second-order valence-corrected chi connectivity index (χ2v) is 7.76. The minimum atomic E-state index is -0.246. The van der Waals surface area contributed by atoms with Crippen molar-refractivity contribution in [2.75, 3.05) is 13.1 Å². The lowest BCUT2D eigenvalue weighted by Gasteiger charge is -2.35. The molecule has 1 aliphatic heterocycles. The van der Waals surface area contributed by atoms with Crippen LogP contribution in [0, 0.1) is 25.7 Å². The molecule has 5 heteroatoms. The lowest BCUT2D eigenvalue weighted by Crippen LogP contribution is -2.45. The number of aryl methyl sites for hydroxylation is 2. The van der Waals surface area contributed by atoms with Crippen molar-refractivity contribution in [2.45, 2.75) is 40.7 Å². The van der Waals surface area contributed by atoms with Gasteiger partial charge in [0.05, 0.1) is 5.69 Å². The van der Waals surface area contributed by atoms with Gasteiger partial charge in [-0.3, -0.25) is 9.59 Å². The molecular weight excluding hydrogens is 326 g/mol. The van der Waals surface area contributed by atoms with Crippen LogP contribution < -0.4 is 5.56 Å². The number of hydrogen-bond donors (Lipinski definition) is 0. The van der Waals surface area contributed by atoms with E-state index >= 15 is 0 Å². The van der Waals surface area contributed by atoms with Crippen LogP contribution in [-0.4, -0.2) is 33.7 Å². The number of benzene rings is 1. The first-order valence-electron chi connectivity index (χ1n) is 9.27. The van der Waals surface area contributed by atoms with Crippen LogP contribution in [0.5, 0.6) is 0 Å². The van der Waals surface area contributed by atoms with Gasteiger partial charge in [-0.15, -0.1) is 0 Å². The molecule has 0 bridgehead atoms. The normalized spacial score (nSPS) is 20.2. The van der Waals surface area contributed by atoms with Crippen LogP contribution >= 0.6 is 0 Å². The van der Waals surface area contributed by atoms with Crippen molar-refractivity contribution in [2.24, 2.45) is 11.8 Å². The molecule has 1 saturated heterocycles. The summed E-state index contributed by atoms with van der Waals surface area (Å²) in [6, 6.07) is 9.31. The Morgan fingerprint density at radius 1 is 1.08 bits per heavy atom. The summed E-state index contributed by atoms with van der Waals surface area (Å²) in [6.07, 6.45) is 1.14. The molecule has 1 fully saturated rings. The predicted octanol–water partition coefficient (Wildman–Crippen LogP) is 3.03. The third-order valence-electron chi connectivity index (χ3n) is 5.18. The van der Waals surface area contributed by atoms with Crippen molar-refractivity contribution < 1.29 is 4.79 Å². The highest BCUT2D eigenvalue weighted by Gasteiger charge is 2.25. The van der Waals surface area contributed by atoms with Crippen LogP contribution in [0.1, 0.15) is 31.4 Å². The van der Waals surface area contributed by atoms with E-state index in [-0.39, 0.29) is 18.0 Å². The maximum absolute atomic E-state index is 12.7. The quantitative estimate of drug-likeness (QED) is 0.852. The summed E-state index contributed by atoms with van der Waals surface area (Å²) in [4.78, 5) is 26.8. The van der Waals surface area contributed by atoms with Gasteiger partial charge in [0.2, 0.25) is 5.91 Å². The second-order valence-electron chi connectivity index (χ2n) is 7.76. The molecule has 0 saturated carbocycles. The molecule has 1 aromatic heterocycles. The van der Waals surface area contributed by atoms with Crippen molar-refractivity contribution in [1.82, 2.24) is 14.7 Å². The summed E-state index contributed by atoms with van der Waals surface area (Å²) in [5.41, 5.74) is 3.81. The molecule has 1 amide bonds. The lowest BCUT2D eigenvalue weighted by atomic mass is 9.92. The number of rotatable bonds is 3. The molecular formula is C21H27N3O2. The Bertz CT molecular complexity index is 862. The molecule has 1 aromatic carbocycles. The van der Waals surface area contributed by atoms with Gasteiger partial charge in [-0.25, -0.2) is 4.68 Å². The number of hydrogen-bond acceptors (Lipinski definition) is 3. The first kappa shape index (κ1) is 18.4. The average molecular weight is 353 g/mol. The molecule has 0 spiro atoms. The number of piperidine rings is 1. The highest BCUT2D eigenvalue weighted by molar-refractivity contribution is 5.76. The number of likely N-dealkylation sites (tertiary alicyclic amines) is 1. The van der Waals surface area contributed by atoms with Crippen LogP contribution in [0.2, 0.25) is 0 Å². The zero-order valence-corrected chi connectivity index (χ0v) is 16.0. The molecule has 5 nitrogen and oxygen atoms in total. The molecule has 2 atom stereocenters. The molecule has 138 valence electrons. The van der Waals surface area contributed by atoms with Gasteiger partial charge < -0.3 is 4.90 Å². The predicted molar refractivity (Wildman–Crippen MR) is 103 cm³/mol. The fourth-order valence-electron chi connectivity index (χ4n) is 3.71. The summed E-state index contributed by atoms with van der Waals surface area (Å²) in [5.74, 6) is 0.957. The van der Waals surface area contributed by atoms with Crippen molar-refractivity contribution in [1.29, 1.82) is 0 Å². The Balaban J connectivity index is 1.82. The fourth-order valence-corrected chi connectivity index (χ4v) is 3.71. The first-order chi connectivity index (χ1) is 12.3. The zero-order chi connectivity index (χ0) is 18.8. The van der Waals surface area contributed by atoms with E-state index < -0.39 is 0 Å². The standard InChI is InChI=1S/C21H27N3O2/c1-14-9-15(2)12-23(11-14)21(26)13-24-20(25)8-7-19(22-24)18-6-5-16(3)17(4)10-18/h5-8,10,14-15H,9,11-13H2,1-4H3/t14-,15-/m1/s1. The Kier molecular flexibility index (Phi) is 5.25. The third-order valence-corrected chi connectivity index (χ3v) is 5.18. The second kappa shape index (κ2) is 7.44. The molecule has 0 unspecified atom stereocenters. The minimum Gasteiger partial charge on any atom is -0.341 e. The van der Waals surface area contributed by atoms with Gasteiger partial charge in [0, 0.05) is 24.7 Å². The topological polar surface area (TPSA) is 55.2 Å². The van der Waals surface area contributed by atoms with Crippen molar-refractivity contribution >= 4 is 5.91 Å². The third kappa shape index (κ3) is 4.03. The molecule has 0 N–H and O–H groups in total. The van der Waals surface area contributed by atoms with Gasteiger partial charge in [-0.2, -0.15) is 5.10 Å². The fraction of sp³-hybridized carbons (Fsp3) is 0.476. The van der Waals surface area contributed by atoms with Gasteiger partial charge in [-0.05, 0) is 55.4 Å². The van der Waals surface area contributed by atoms with Gasteiger partial charge in [-0.1, -0.05) is 26.0 Å². The summed E-state index contributed by atoms with van der Waals surface area (Å²) < 4.78 is 1.29. The maximum Gasteiger partial charge on any atom is 0.267 e. The van der Waals surface area contributed by atoms with Crippen molar-refractivity contribution in [3.8, 4) is 11.3 Å². The zero-order valence-electron chi connectivity index (χ0n) is 16.0. The Hall–Kier alpha value is -2.43. The number of amides is 1. The molecule has 1 aliphatic rings. The number of carbonyl (C=O) groups is 1. The Labute approximate surface area is 154 Å². The highest BCUT2D eigenvalue weighted by Crippen LogP contribution is 2.21. The molecule has 2 aromatic rings. The van der Waals surface area contributed by atoms with E-state index in [1.54, 1.807) is 6.07 Å². The number of nitrogens with zero attached hydrogens (tertiary/aromatic N) is 3. The van der Waals surface area contributed by atoms with Crippen LogP contribution in [-0.2, 0) is 11.3 Å². The van der Waals surface area contributed by atoms with E-state index in [1.807, 2.05) is 17.0 Å². The van der Waals surface area contributed by atoms with Crippen LogP contribution in [0.25, 0.3) is 11.3 Å². The van der Waals surface area contributed by atoms with E-state index in [0.29, 0.717) is 17.5 Å². The molecule has 0 radical (unpaired) electrons. The van der Waals surface area contributed by atoms with E-state index in [0.717, 1.165) is 25.1 Å². The van der Waals surface area contributed by atoms with Crippen LogP contribution in [0.4, 0.5) is 0 Å². The van der Waals surface area contributed by atoms with Crippen molar-refractivity contribution in [3.05, 3.63) is 51.8 Å². The monoisotopic (exact) mass is 353 g/mol. The molecule has 2 heterocycles. The van der Waals surface area contributed by atoms with Gasteiger partial charge in [0.25, 0.3) is 5.56 Å². The van der Waals surface area contributed by atoms with Crippen LogP contribution in [0.3, 0.4) is 0 Å². The summed E-state index contributed by atoms with van der Waals surface area (Å²) in [6.45, 7) is 9.96. The van der Waals surface area contributed by atoms with E-state index in [2.05, 4.69) is 38.9 Å². The number of carbonyl (C=O) groups excluding carboxylic acids is 1. The maximum atomic E-state index is 12.7. The molecule has 0 aliphatic carbocycles.